The fourth-order valence-corrected chi connectivity index (χ4v) is 3.83. The maximum atomic E-state index is 12.2. The molecule has 1 aromatic heterocycles. The summed E-state index contributed by atoms with van der Waals surface area (Å²) < 4.78 is 0. The van der Waals surface area contributed by atoms with E-state index in [-0.39, 0.29) is 5.91 Å². The minimum atomic E-state index is -0.0493. The van der Waals surface area contributed by atoms with Crippen molar-refractivity contribution >= 4 is 17.2 Å². The number of thiazole rings is 1. The van der Waals surface area contributed by atoms with Crippen LogP contribution in [-0.4, -0.2) is 42.0 Å². The molecule has 0 spiro atoms. The average Bonchev–Trinajstić information content (AvgIpc) is 3.27. The zero-order chi connectivity index (χ0) is 16.6. The number of nitrogens with one attached hydrogen (secondary N) is 1. The van der Waals surface area contributed by atoms with Gasteiger partial charge in [-0.05, 0) is 50.9 Å². The maximum absolute atomic E-state index is 12.2. The predicted molar refractivity (Wildman–Crippen MR) is 98.6 cm³/mol. The lowest BCUT2D eigenvalue weighted by molar-refractivity contribution is 0.0948. The number of carbonyl (C=O) groups excluding carboxylic acids is 1. The van der Waals surface area contributed by atoms with Crippen LogP contribution in [0.15, 0.2) is 35.7 Å². The molecular weight excluding hydrogens is 318 g/mol. The van der Waals surface area contributed by atoms with Crippen molar-refractivity contribution in [3.63, 3.8) is 0 Å². The average molecular weight is 343 g/mol. The van der Waals surface area contributed by atoms with Gasteiger partial charge in [0.15, 0.2) is 0 Å². The van der Waals surface area contributed by atoms with Crippen LogP contribution in [0.5, 0.6) is 0 Å². The lowest BCUT2D eigenvalue weighted by Gasteiger charge is -2.13. The van der Waals surface area contributed by atoms with Crippen molar-refractivity contribution in [1.82, 2.24) is 15.2 Å². The number of amides is 1. The highest BCUT2D eigenvalue weighted by atomic mass is 32.1. The van der Waals surface area contributed by atoms with Gasteiger partial charge in [0, 0.05) is 18.3 Å². The van der Waals surface area contributed by atoms with Crippen LogP contribution in [0.2, 0.25) is 0 Å². The standard InChI is InChI=1S/C19H25N3OS/c23-19(20-10-4-5-11-22-12-6-7-13-22)17-15-24-18(21-17)14-16-8-2-1-3-9-16/h1-3,8-9,15H,4-7,10-14H2,(H,20,23). The summed E-state index contributed by atoms with van der Waals surface area (Å²) in [6.45, 7) is 4.39. The second-order valence-electron chi connectivity index (χ2n) is 6.30. The lowest BCUT2D eigenvalue weighted by Crippen LogP contribution is -2.26. The molecule has 0 unspecified atom stereocenters. The van der Waals surface area contributed by atoms with Crippen LogP contribution in [0.3, 0.4) is 0 Å². The smallest absolute Gasteiger partial charge is 0.270 e. The van der Waals surface area contributed by atoms with E-state index in [1.54, 1.807) is 11.3 Å². The van der Waals surface area contributed by atoms with E-state index in [2.05, 4.69) is 27.3 Å². The molecule has 1 aromatic carbocycles. The minimum absolute atomic E-state index is 0.0493. The molecule has 1 saturated heterocycles. The van der Waals surface area contributed by atoms with Gasteiger partial charge in [-0.15, -0.1) is 11.3 Å². The second-order valence-corrected chi connectivity index (χ2v) is 7.24. The van der Waals surface area contributed by atoms with Gasteiger partial charge in [0.1, 0.15) is 5.69 Å². The summed E-state index contributed by atoms with van der Waals surface area (Å²) in [5.74, 6) is -0.0493. The molecule has 0 aliphatic carbocycles. The quantitative estimate of drug-likeness (QED) is 0.748. The van der Waals surface area contributed by atoms with E-state index in [1.807, 2.05) is 23.6 Å². The SMILES string of the molecule is O=C(NCCCCN1CCCC1)c1csc(Cc2ccccc2)n1. The zero-order valence-corrected chi connectivity index (χ0v) is 14.9. The molecule has 4 nitrogen and oxygen atoms in total. The third-order valence-electron chi connectivity index (χ3n) is 4.37. The van der Waals surface area contributed by atoms with E-state index in [0.29, 0.717) is 5.69 Å². The molecule has 0 atom stereocenters. The number of rotatable bonds is 8. The fourth-order valence-electron chi connectivity index (χ4n) is 3.03. The van der Waals surface area contributed by atoms with Gasteiger partial charge >= 0.3 is 0 Å². The Hall–Kier alpha value is -1.72. The van der Waals surface area contributed by atoms with Gasteiger partial charge in [0.25, 0.3) is 5.91 Å². The Balaban J connectivity index is 1.37. The van der Waals surface area contributed by atoms with Gasteiger partial charge < -0.3 is 10.2 Å². The van der Waals surface area contributed by atoms with Gasteiger partial charge in [-0.3, -0.25) is 4.79 Å². The number of benzene rings is 1. The summed E-state index contributed by atoms with van der Waals surface area (Å²) in [6, 6.07) is 10.2. The van der Waals surface area contributed by atoms with Gasteiger partial charge in [0.2, 0.25) is 0 Å². The first-order valence-corrected chi connectivity index (χ1v) is 9.68. The molecule has 128 valence electrons. The van der Waals surface area contributed by atoms with Gasteiger partial charge in [-0.2, -0.15) is 0 Å². The van der Waals surface area contributed by atoms with Gasteiger partial charge in [-0.1, -0.05) is 30.3 Å². The van der Waals surface area contributed by atoms with Gasteiger partial charge in [0.05, 0.1) is 5.01 Å². The Morgan fingerprint density at radius 3 is 2.75 bits per heavy atom. The number of carbonyl (C=O) groups is 1. The lowest BCUT2D eigenvalue weighted by atomic mass is 10.2. The van der Waals surface area contributed by atoms with Crippen molar-refractivity contribution in [2.75, 3.05) is 26.2 Å². The molecule has 1 aliphatic rings. The van der Waals surface area contributed by atoms with Crippen molar-refractivity contribution in [1.29, 1.82) is 0 Å². The molecule has 24 heavy (non-hydrogen) atoms. The van der Waals surface area contributed by atoms with Crippen molar-refractivity contribution in [2.24, 2.45) is 0 Å². The highest BCUT2D eigenvalue weighted by Gasteiger charge is 2.12. The number of hydrogen-bond acceptors (Lipinski definition) is 4. The molecule has 1 aliphatic heterocycles. The molecular formula is C19H25N3OS. The molecule has 0 radical (unpaired) electrons. The Morgan fingerprint density at radius 1 is 1.17 bits per heavy atom. The van der Waals surface area contributed by atoms with E-state index < -0.39 is 0 Å². The van der Waals surface area contributed by atoms with E-state index in [9.17, 15) is 4.79 Å². The Kier molecular flexibility index (Phi) is 6.38. The van der Waals surface area contributed by atoms with E-state index >= 15 is 0 Å². The number of nitrogens with zero attached hydrogens (tertiary/aromatic N) is 2. The van der Waals surface area contributed by atoms with Gasteiger partial charge in [-0.25, -0.2) is 4.98 Å². The predicted octanol–water partition coefficient (Wildman–Crippen LogP) is 3.34. The van der Waals surface area contributed by atoms with Crippen LogP contribution < -0.4 is 5.32 Å². The summed E-state index contributed by atoms with van der Waals surface area (Å²) in [5.41, 5.74) is 1.77. The summed E-state index contributed by atoms with van der Waals surface area (Å²) in [6.07, 6.45) is 5.65. The normalized spacial score (nSPS) is 14.8. The fraction of sp³-hybridized carbons (Fsp3) is 0.474. The summed E-state index contributed by atoms with van der Waals surface area (Å²) in [5, 5.41) is 5.83. The largest absolute Gasteiger partial charge is 0.351 e. The monoisotopic (exact) mass is 343 g/mol. The Morgan fingerprint density at radius 2 is 1.96 bits per heavy atom. The van der Waals surface area contributed by atoms with Crippen molar-refractivity contribution in [3.05, 3.63) is 52.0 Å². The third kappa shape index (κ3) is 5.14. The molecule has 1 fully saturated rings. The second kappa shape index (κ2) is 8.94. The number of aromatic nitrogens is 1. The van der Waals surface area contributed by atoms with Crippen molar-refractivity contribution in [2.45, 2.75) is 32.1 Å². The summed E-state index contributed by atoms with van der Waals surface area (Å²) >= 11 is 1.55. The number of hydrogen-bond donors (Lipinski definition) is 1. The molecule has 1 N–H and O–H groups in total. The minimum Gasteiger partial charge on any atom is -0.351 e. The molecule has 3 rings (SSSR count). The van der Waals surface area contributed by atoms with E-state index in [4.69, 9.17) is 0 Å². The number of likely N-dealkylation sites (tertiary alicyclic amines) is 1. The van der Waals surface area contributed by atoms with Crippen LogP contribution in [0, 0.1) is 0 Å². The van der Waals surface area contributed by atoms with E-state index in [1.165, 1.54) is 31.5 Å². The molecule has 5 heteroatoms. The molecule has 0 saturated carbocycles. The topological polar surface area (TPSA) is 45.2 Å². The molecule has 2 heterocycles. The zero-order valence-electron chi connectivity index (χ0n) is 14.0. The first-order valence-electron chi connectivity index (χ1n) is 8.80. The van der Waals surface area contributed by atoms with Crippen molar-refractivity contribution < 1.29 is 4.79 Å². The van der Waals surface area contributed by atoms with Crippen LogP contribution in [0.1, 0.15) is 46.7 Å². The van der Waals surface area contributed by atoms with E-state index in [0.717, 1.165) is 37.4 Å². The van der Waals surface area contributed by atoms with Crippen LogP contribution in [0.25, 0.3) is 0 Å². The first-order chi connectivity index (χ1) is 11.8. The summed E-state index contributed by atoms with van der Waals surface area (Å²) in [7, 11) is 0. The highest BCUT2D eigenvalue weighted by molar-refractivity contribution is 7.09. The first kappa shape index (κ1) is 17.1. The van der Waals surface area contributed by atoms with Crippen LogP contribution in [-0.2, 0) is 6.42 Å². The van der Waals surface area contributed by atoms with Crippen LogP contribution >= 0.6 is 11.3 Å². The van der Waals surface area contributed by atoms with Crippen LogP contribution in [0.4, 0.5) is 0 Å². The number of unbranched alkanes of at least 4 members (excludes halogenated alkanes) is 1. The summed E-state index contributed by atoms with van der Waals surface area (Å²) in [4.78, 5) is 19.1. The third-order valence-corrected chi connectivity index (χ3v) is 5.22. The molecule has 2 aromatic rings. The molecule has 1 amide bonds. The van der Waals surface area contributed by atoms with Crippen molar-refractivity contribution in [3.8, 4) is 0 Å². The molecule has 0 bridgehead atoms. The Bertz CT molecular complexity index is 635. The Labute approximate surface area is 147 Å². The highest BCUT2D eigenvalue weighted by Crippen LogP contribution is 2.14. The maximum Gasteiger partial charge on any atom is 0.270 e.